The average molecular weight is 436 g/mol. The van der Waals surface area contributed by atoms with Gasteiger partial charge in [0.15, 0.2) is 0 Å². The molecular formula is C23H37N3O3S. The minimum absolute atomic E-state index is 0.0430. The summed E-state index contributed by atoms with van der Waals surface area (Å²) in [6, 6.07) is 5.38. The molecule has 2 heterocycles. The summed E-state index contributed by atoms with van der Waals surface area (Å²) < 4.78 is 28.9. The number of benzene rings is 1. The summed E-state index contributed by atoms with van der Waals surface area (Å²) in [6.45, 7) is 10.8. The second kappa shape index (κ2) is 9.69. The zero-order valence-electron chi connectivity index (χ0n) is 18.9. The maximum Gasteiger partial charge on any atom is 0.254 e. The van der Waals surface area contributed by atoms with E-state index in [0.717, 1.165) is 50.9 Å². The minimum atomic E-state index is -3.64. The van der Waals surface area contributed by atoms with Gasteiger partial charge in [-0.2, -0.15) is 4.31 Å². The third-order valence-electron chi connectivity index (χ3n) is 6.18. The summed E-state index contributed by atoms with van der Waals surface area (Å²) in [6.07, 6.45) is 6.17. The Hall–Kier alpha value is -1.60. The first-order valence-electron chi connectivity index (χ1n) is 11.5. The molecule has 30 heavy (non-hydrogen) atoms. The number of hydrogen-bond donors (Lipinski definition) is 0. The zero-order chi connectivity index (χ0) is 21.9. The van der Waals surface area contributed by atoms with Gasteiger partial charge in [-0.3, -0.25) is 4.79 Å². The number of carbonyl (C=O) groups excluding carboxylic acids is 1. The summed E-state index contributed by atoms with van der Waals surface area (Å²) in [5, 5.41) is 0. The molecule has 168 valence electrons. The van der Waals surface area contributed by atoms with Crippen LogP contribution in [0.25, 0.3) is 0 Å². The molecule has 3 rings (SSSR count). The summed E-state index contributed by atoms with van der Waals surface area (Å²) in [5.41, 5.74) is 1.20. The van der Waals surface area contributed by atoms with Crippen LogP contribution in [-0.2, 0) is 10.0 Å². The molecule has 0 spiro atoms. The van der Waals surface area contributed by atoms with Gasteiger partial charge in [-0.1, -0.05) is 6.42 Å². The first kappa shape index (κ1) is 23.1. The van der Waals surface area contributed by atoms with Crippen molar-refractivity contribution < 1.29 is 13.2 Å². The average Bonchev–Trinajstić information content (AvgIpc) is 2.74. The summed E-state index contributed by atoms with van der Waals surface area (Å²) in [7, 11) is -3.64. The molecule has 0 unspecified atom stereocenters. The van der Waals surface area contributed by atoms with E-state index in [1.807, 2.05) is 38.7 Å². The van der Waals surface area contributed by atoms with Gasteiger partial charge in [0.1, 0.15) is 4.90 Å². The van der Waals surface area contributed by atoms with Gasteiger partial charge < -0.3 is 9.80 Å². The van der Waals surface area contributed by atoms with Crippen LogP contribution < -0.4 is 4.90 Å². The normalized spacial score (nSPS) is 18.8. The highest BCUT2D eigenvalue weighted by Crippen LogP contribution is 2.33. The highest BCUT2D eigenvalue weighted by molar-refractivity contribution is 7.89. The third kappa shape index (κ3) is 4.83. The topological polar surface area (TPSA) is 60.9 Å². The van der Waals surface area contributed by atoms with E-state index in [0.29, 0.717) is 23.5 Å². The summed E-state index contributed by atoms with van der Waals surface area (Å²) in [4.78, 5) is 17.6. The van der Waals surface area contributed by atoms with Crippen molar-refractivity contribution in [1.82, 2.24) is 9.21 Å². The molecule has 2 saturated heterocycles. The van der Waals surface area contributed by atoms with Crippen LogP contribution in [0.3, 0.4) is 0 Å². The van der Waals surface area contributed by atoms with Gasteiger partial charge >= 0.3 is 0 Å². The lowest BCUT2D eigenvalue weighted by molar-refractivity contribution is 0.0643. The van der Waals surface area contributed by atoms with Gasteiger partial charge in [-0.15, -0.1) is 0 Å². The fraction of sp³-hybridized carbons (Fsp3) is 0.696. The number of rotatable bonds is 6. The summed E-state index contributed by atoms with van der Waals surface area (Å²) >= 11 is 0. The number of amides is 1. The van der Waals surface area contributed by atoms with E-state index in [1.54, 1.807) is 16.4 Å². The molecule has 0 bridgehead atoms. The minimum Gasteiger partial charge on any atom is -0.370 e. The van der Waals surface area contributed by atoms with E-state index in [-0.39, 0.29) is 18.0 Å². The molecule has 2 aliphatic heterocycles. The van der Waals surface area contributed by atoms with Crippen LogP contribution >= 0.6 is 0 Å². The zero-order valence-corrected chi connectivity index (χ0v) is 19.7. The van der Waals surface area contributed by atoms with Crippen molar-refractivity contribution in [3.8, 4) is 0 Å². The Morgan fingerprint density at radius 1 is 0.867 bits per heavy atom. The molecule has 0 atom stereocenters. The van der Waals surface area contributed by atoms with Gasteiger partial charge in [0.2, 0.25) is 10.0 Å². The van der Waals surface area contributed by atoms with Gasteiger partial charge in [-0.05, 0) is 78.0 Å². The molecule has 1 aromatic rings. The molecule has 0 saturated carbocycles. The number of piperidine rings is 2. The van der Waals surface area contributed by atoms with Crippen LogP contribution in [0.15, 0.2) is 23.1 Å². The monoisotopic (exact) mass is 435 g/mol. The van der Waals surface area contributed by atoms with Crippen LogP contribution in [0.2, 0.25) is 0 Å². The predicted octanol–water partition coefficient (Wildman–Crippen LogP) is 4.11. The van der Waals surface area contributed by atoms with Crippen molar-refractivity contribution in [3.63, 3.8) is 0 Å². The highest BCUT2D eigenvalue weighted by Gasteiger charge is 2.32. The lowest BCUT2D eigenvalue weighted by Gasteiger charge is -2.34. The molecule has 7 heteroatoms. The van der Waals surface area contributed by atoms with Crippen molar-refractivity contribution in [3.05, 3.63) is 23.8 Å². The lowest BCUT2D eigenvalue weighted by atomic mass is 10.1. The molecule has 0 aromatic heterocycles. The first-order valence-corrected chi connectivity index (χ1v) is 12.9. The largest absolute Gasteiger partial charge is 0.370 e. The molecule has 1 amide bonds. The van der Waals surface area contributed by atoms with Gasteiger partial charge in [-0.25, -0.2) is 8.42 Å². The van der Waals surface area contributed by atoms with Crippen molar-refractivity contribution in [2.45, 2.75) is 83.2 Å². The first-order chi connectivity index (χ1) is 14.2. The Morgan fingerprint density at radius 2 is 1.40 bits per heavy atom. The smallest absolute Gasteiger partial charge is 0.254 e. The maximum atomic E-state index is 13.6. The number of sulfonamides is 1. The fourth-order valence-corrected chi connectivity index (χ4v) is 6.46. The number of hydrogen-bond acceptors (Lipinski definition) is 4. The number of carbonyl (C=O) groups is 1. The van der Waals surface area contributed by atoms with Crippen molar-refractivity contribution in [2.24, 2.45) is 0 Å². The van der Waals surface area contributed by atoms with Crippen LogP contribution in [0, 0.1) is 0 Å². The van der Waals surface area contributed by atoms with E-state index < -0.39 is 10.0 Å². The summed E-state index contributed by atoms with van der Waals surface area (Å²) in [5.74, 6) is -0.111. The van der Waals surface area contributed by atoms with E-state index >= 15 is 0 Å². The quantitative estimate of drug-likeness (QED) is 0.675. The Kier molecular flexibility index (Phi) is 7.45. The van der Waals surface area contributed by atoms with Crippen LogP contribution in [0.1, 0.15) is 76.6 Å². The van der Waals surface area contributed by atoms with E-state index in [1.165, 1.54) is 6.42 Å². The Morgan fingerprint density at radius 3 is 1.93 bits per heavy atom. The lowest BCUT2D eigenvalue weighted by Crippen LogP contribution is -2.42. The van der Waals surface area contributed by atoms with Crippen LogP contribution in [0.5, 0.6) is 0 Å². The Bertz CT molecular complexity index is 831. The SMILES string of the molecule is CC(C)N(C(=O)c1ccc(N2CCCCC2)c(S(=O)(=O)N2CCCCC2)c1)C(C)C. The second-order valence-electron chi connectivity index (χ2n) is 9.09. The molecule has 1 aromatic carbocycles. The van der Waals surface area contributed by atoms with Crippen LogP contribution in [-0.4, -0.2) is 61.8 Å². The van der Waals surface area contributed by atoms with Gasteiger partial charge in [0.05, 0.1) is 5.69 Å². The Labute approximate surface area is 182 Å². The molecule has 2 fully saturated rings. The standard InChI is InChI=1S/C23H37N3O3S/c1-18(2)26(19(3)4)23(27)20-11-12-21(24-13-7-5-8-14-24)22(17-20)30(28,29)25-15-9-6-10-16-25/h11-12,17-19H,5-10,13-16H2,1-4H3. The van der Waals surface area contributed by atoms with E-state index in [4.69, 9.17) is 0 Å². The van der Waals surface area contributed by atoms with E-state index in [2.05, 4.69) is 4.90 Å². The van der Waals surface area contributed by atoms with Gasteiger partial charge in [0, 0.05) is 43.8 Å². The van der Waals surface area contributed by atoms with Crippen molar-refractivity contribution in [1.29, 1.82) is 0 Å². The molecular weight excluding hydrogens is 398 g/mol. The van der Waals surface area contributed by atoms with Crippen LogP contribution in [0.4, 0.5) is 5.69 Å². The molecule has 0 radical (unpaired) electrons. The molecule has 6 nitrogen and oxygen atoms in total. The molecule has 0 N–H and O–H groups in total. The maximum absolute atomic E-state index is 13.6. The van der Waals surface area contributed by atoms with Crippen molar-refractivity contribution >= 4 is 21.6 Å². The predicted molar refractivity (Wildman–Crippen MR) is 122 cm³/mol. The fourth-order valence-electron chi connectivity index (χ4n) is 4.71. The third-order valence-corrected chi connectivity index (χ3v) is 8.11. The molecule has 0 aliphatic carbocycles. The molecule has 2 aliphatic rings. The van der Waals surface area contributed by atoms with Crippen molar-refractivity contribution in [2.75, 3.05) is 31.1 Å². The number of nitrogens with zero attached hydrogens (tertiary/aromatic N) is 3. The number of anilines is 1. The Balaban J connectivity index is 2.06. The second-order valence-corrected chi connectivity index (χ2v) is 11.0. The van der Waals surface area contributed by atoms with E-state index in [9.17, 15) is 13.2 Å². The highest BCUT2D eigenvalue weighted by atomic mass is 32.2. The van der Waals surface area contributed by atoms with Gasteiger partial charge in [0.25, 0.3) is 5.91 Å².